The summed E-state index contributed by atoms with van der Waals surface area (Å²) in [6.45, 7) is 12.8. The predicted octanol–water partition coefficient (Wildman–Crippen LogP) is 3.63. The van der Waals surface area contributed by atoms with E-state index in [0.29, 0.717) is 5.01 Å². The molecule has 2 amide bonds. The normalized spacial score (nSPS) is 21.7. The quantitative estimate of drug-likeness (QED) is 0.391. The zero-order valence-corrected chi connectivity index (χ0v) is 24.6. The van der Waals surface area contributed by atoms with E-state index in [1.165, 1.54) is 11.3 Å². The Hall–Kier alpha value is -2.04. The number of nitrogens with one attached hydrogen (secondary N) is 1. The second-order valence-electron chi connectivity index (χ2n) is 10.8. The fraction of sp³-hybridized carbons (Fsp3) is 0.778. The van der Waals surface area contributed by atoms with E-state index in [1.54, 1.807) is 24.3 Å². The second kappa shape index (κ2) is 13.7. The van der Waals surface area contributed by atoms with Gasteiger partial charge >= 0.3 is 5.97 Å². The van der Waals surface area contributed by atoms with Crippen molar-refractivity contribution in [3.05, 3.63) is 16.1 Å². The molecule has 0 saturated carbocycles. The number of piperidine rings is 1. The highest BCUT2D eigenvalue weighted by Crippen LogP contribution is 2.29. The number of aromatic nitrogens is 1. The van der Waals surface area contributed by atoms with Crippen molar-refractivity contribution in [2.75, 3.05) is 27.2 Å². The van der Waals surface area contributed by atoms with Gasteiger partial charge in [0.2, 0.25) is 11.8 Å². The zero-order valence-electron chi connectivity index (χ0n) is 23.7. The Bertz CT molecular complexity index is 922. The molecule has 210 valence electrons. The fourth-order valence-electron chi connectivity index (χ4n) is 4.85. The lowest BCUT2D eigenvalue weighted by molar-refractivity contribution is -0.143. The van der Waals surface area contributed by atoms with Crippen LogP contribution in [-0.2, 0) is 14.3 Å². The topological polar surface area (TPSA) is 112 Å². The number of likely N-dealkylation sites (N-methyl/N-ethyl adjacent to an activating group) is 2. The van der Waals surface area contributed by atoms with Crippen molar-refractivity contribution in [2.24, 2.45) is 11.8 Å². The number of rotatable bonds is 12. The molecule has 0 spiro atoms. The van der Waals surface area contributed by atoms with Crippen LogP contribution in [0.4, 0.5) is 0 Å². The van der Waals surface area contributed by atoms with Gasteiger partial charge in [0.15, 0.2) is 5.69 Å². The molecule has 2 heterocycles. The summed E-state index contributed by atoms with van der Waals surface area (Å²) in [5, 5.41) is 16.0. The maximum Gasteiger partial charge on any atom is 0.357 e. The molecular formula is C27H46N4O5S. The molecule has 0 unspecified atom stereocenters. The first-order valence-electron chi connectivity index (χ1n) is 13.5. The Morgan fingerprint density at radius 3 is 2.51 bits per heavy atom. The van der Waals surface area contributed by atoms with Crippen LogP contribution in [0.25, 0.3) is 0 Å². The molecule has 1 fully saturated rings. The SMILES string of the molecule is CCOC(=O)c1csc([C@H](O)C[C@H](C(C)C)N(C)C(=O)[C@@H](NC(=O)[C@@]2(C)CCCCN2C)[C@@H](C)CC)n1. The van der Waals surface area contributed by atoms with Crippen LogP contribution in [-0.4, -0.2) is 82.5 Å². The molecule has 0 radical (unpaired) electrons. The van der Waals surface area contributed by atoms with Crippen LogP contribution in [0.5, 0.6) is 0 Å². The molecule has 9 nitrogen and oxygen atoms in total. The number of carbonyl (C=O) groups excluding carboxylic acids is 3. The average Bonchev–Trinajstić information content (AvgIpc) is 3.36. The fourth-order valence-corrected chi connectivity index (χ4v) is 5.64. The zero-order chi connectivity index (χ0) is 27.9. The molecule has 0 bridgehead atoms. The number of hydrogen-bond donors (Lipinski definition) is 2. The van der Waals surface area contributed by atoms with Gasteiger partial charge in [0.05, 0.1) is 12.1 Å². The lowest BCUT2D eigenvalue weighted by atomic mass is 9.86. The van der Waals surface area contributed by atoms with E-state index in [2.05, 4.69) is 15.2 Å². The largest absolute Gasteiger partial charge is 0.461 e. The van der Waals surface area contributed by atoms with E-state index in [0.717, 1.165) is 32.2 Å². The van der Waals surface area contributed by atoms with Crippen molar-refractivity contribution in [1.82, 2.24) is 20.1 Å². The molecule has 5 atom stereocenters. The van der Waals surface area contributed by atoms with Crippen molar-refractivity contribution >= 4 is 29.1 Å². The Labute approximate surface area is 226 Å². The summed E-state index contributed by atoms with van der Waals surface area (Å²) in [6.07, 6.45) is 2.86. The van der Waals surface area contributed by atoms with Gasteiger partial charge in [-0.3, -0.25) is 14.5 Å². The van der Waals surface area contributed by atoms with Crippen molar-refractivity contribution in [2.45, 2.75) is 97.4 Å². The summed E-state index contributed by atoms with van der Waals surface area (Å²) in [6, 6.07) is -0.961. The highest BCUT2D eigenvalue weighted by Gasteiger charge is 2.42. The van der Waals surface area contributed by atoms with E-state index >= 15 is 0 Å². The summed E-state index contributed by atoms with van der Waals surface area (Å²) < 4.78 is 4.99. The van der Waals surface area contributed by atoms with Crippen molar-refractivity contribution in [3.8, 4) is 0 Å². The number of hydrogen-bond acceptors (Lipinski definition) is 8. The van der Waals surface area contributed by atoms with Gasteiger partial charge in [0.25, 0.3) is 0 Å². The number of likely N-dealkylation sites (tertiary alicyclic amines) is 1. The first kappa shape index (κ1) is 31.2. The molecular weight excluding hydrogens is 492 g/mol. The molecule has 1 aromatic heterocycles. The summed E-state index contributed by atoms with van der Waals surface area (Å²) in [5.41, 5.74) is -0.468. The standard InChI is InChI=1S/C27H46N4O5S/c1-9-18(5)22(29-26(35)27(6)13-11-12-14-30(27)7)24(33)31(8)20(17(3)4)15-21(32)23-28-19(16-37-23)25(34)36-10-2/h16-18,20-22,32H,9-15H2,1-8H3,(H,29,35)/t18-,20+,21+,22-,27+/m0/s1. The highest BCUT2D eigenvalue weighted by atomic mass is 32.1. The van der Waals surface area contributed by atoms with Crippen LogP contribution in [0.3, 0.4) is 0 Å². The van der Waals surface area contributed by atoms with Crippen molar-refractivity contribution in [1.29, 1.82) is 0 Å². The molecule has 0 aromatic carbocycles. The number of aliphatic hydroxyl groups excluding tert-OH is 1. The third-order valence-corrected chi connectivity index (χ3v) is 8.82. The monoisotopic (exact) mass is 538 g/mol. The van der Waals surface area contributed by atoms with Crippen LogP contribution in [0, 0.1) is 11.8 Å². The van der Waals surface area contributed by atoms with Gasteiger partial charge in [0, 0.05) is 24.9 Å². The lowest BCUT2D eigenvalue weighted by Gasteiger charge is -2.43. The van der Waals surface area contributed by atoms with Gasteiger partial charge in [-0.1, -0.05) is 34.1 Å². The first-order valence-corrected chi connectivity index (χ1v) is 14.3. The van der Waals surface area contributed by atoms with Gasteiger partial charge in [-0.2, -0.15) is 0 Å². The van der Waals surface area contributed by atoms with E-state index < -0.39 is 23.7 Å². The Kier molecular flexibility index (Phi) is 11.5. The second-order valence-corrected chi connectivity index (χ2v) is 11.7. The molecule has 1 saturated heterocycles. The average molecular weight is 539 g/mol. The van der Waals surface area contributed by atoms with Crippen LogP contribution in [0.15, 0.2) is 5.38 Å². The first-order chi connectivity index (χ1) is 17.4. The number of amides is 2. The molecule has 1 aliphatic heterocycles. The molecule has 2 N–H and O–H groups in total. The minimum atomic E-state index is -0.942. The lowest BCUT2D eigenvalue weighted by Crippen LogP contribution is -2.62. The Morgan fingerprint density at radius 1 is 1.27 bits per heavy atom. The molecule has 2 rings (SSSR count). The van der Waals surface area contributed by atoms with Crippen molar-refractivity contribution < 1.29 is 24.2 Å². The molecule has 0 aliphatic carbocycles. The van der Waals surface area contributed by atoms with E-state index in [4.69, 9.17) is 4.74 Å². The molecule has 1 aliphatic rings. The Morgan fingerprint density at radius 2 is 1.95 bits per heavy atom. The number of carbonyl (C=O) groups is 3. The van der Waals surface area contributed by atoms with Crippen LogP contribution in [0.2, 0.25) is 0 Å². The maximum atomic E-state index is 13.8. The van der Waals surface area contributed by atoms with Gasteiger partial charge in [-0.15, -0.1) is 11.3 Å². The van der Waals surface area contributed by atoms with Gasteiger partial charge in [-0.25, -0.2) is 9.78 Å². The molecule has 10 heteroatoms. The van der Waals surface area contributed by atoms with E-state index in [9.17, 15) is 19.5 Å². The summed E-state index contributed by atoms with van der Waals surface area (Å²) >= 11 is 1.20. The Balaban J connectivity index is 2.19. The third-order valence-electron chi connectivity index (χ3n) is 7.88. The minimum absolute atomic E-state index is 0.0448. The third kappa shape index (κ3) is 7.51. The predicted molar refractivity (Wildman–Crippen MR) is 145 cm³/mol. The van der Waals surface area contributed by atoms with Crippen LogP contribution < -0.4 is 5.32 Å². The number of thiazole rings is 1. The summed E-state index contributed by atoms with van der Waals surface area (Å²) in [4.78, 5) is 47.2. The van der Waals surface area contributed by atoms with Gasteiger partial charge < -0.3 is 20.1 Å². The smallest absolute Gasteiger partial charge is 0.357 e. The molecule has 1 aromatic rings. The van der Waals surface area contributed by atoms with Crippen LogP contribution >= 0.6 is 11.3 Å². The van der Waals surface area contributed by atoms with Crippen molar-refractivity contribution in [3.63, 3.8) is 0 Å². The minimum Gasteiger partial charge on any atom is -0.461 e. The number of esters is 1. The van der Waals surface area contributed by atoms with Crippen LogP contribution in [0.1, 0.15) is 95.2 Å². The maximum absolute atomic E-state index is 13.8. The highest BCUT2D eigenvalue weighted by molar-refractivity contribution is 7.09. The van der Waals surface area contributed by atoms with E-state index in [1.807, 2.05) is 41.7 Å². The number of nitrogens with zero attached hydrogens (tertiary/aromatic N) is 3. The summed E-state index contributed by atoms with van der Waals surface area (Å²) in [5.74, 6) is -0.808. The van der Waals surface area contributed by atoms with Gasteiger partial charge in [-0.05, 0) is 58.5 Å². The van der Waals surface area contributed by atoms with E-state index in [-0.39, 0.29) is 48.4 Å². The van der Waals surface area contributed by atoms with Gasteiger partial charge in [0.1, 0.15) is 17.2 Å². The number of ether oxygens (including phenoxy) is 1. The summed E-state index contributed by atoms with van der Waals surface area (Å²) in [7, 11) is 3.70. The number of aliphatic hydroxyl groups is 1. The molecule has 37 heavy (non-hydrogen) atoms.